The minimum absolute atomic E-state index is 0.0282. The maximum atomic E-state index is 13.2. The van der Waals surface area contributed by atoms with Crippen molar-refractivity contribution in [2.45, 2.75) is 33.4 Å². The molecular weight excluding hydrogens is 339 g/mol. The molecule has 6 heteroatoms. The van der Waals surface area contributed by atoms with E-state index in [1.165, 1.54) is 11.0 Å². The summed E-state index contributed by atoms with van der Waals surface area (Å²) in [6.45, 7) is 6.05. The number of hydrogen-bond acceptors (Lipinski definition) is 2. The van der Waals surface area contributed by atoms with E-state index in [1.54, 1.807) is 12.1 Å². The Balaban J connectivity index is 2.20. The third kappa shape index (κ3) is 3.61. The van der Waals surface area contributed by atoms with E-state index >= 15 is 0 Å². The number of carbonyl (C=O) groups excluding carboxylic acids is 2. The summed E-state index contributed by atoms with van der Waals surface area (Å²) in [5.74, 6) is -0.632. The van der Waals surface area contributed by atoms with Gasteiger partial charge in [0.15, 0.2) is 0 Å². The molecular formula is C15H18BrFN2O2. The average molecular weight is 357 g/mol. The van der Waals surface area contributed by atoms with E-state index in [9.17, 15) is 14.0 Å². The van der Waals surface area contributed by atoms with Crippen LogP contribution in [0.2, 0.25) is 0 Å². The second-order valence-electron chi connectivity index (χ2n) is 6.31. The van der Waals surface area contributed by atoms with Gasteiger partial charge in [0.25, 0.3) is 0 Å². The minimum Gasteiger partial charge on any atom is -0.342 e. The molecule has 2 amide bonds. The molecule has 1 aliphatic heterocycles. The number of nitrogens with one attached hydrogen (secondary N) is 1. The zero-order chi connectivity index (χ0) is 15.8. The van der Waals surface area contributed by atoms with Crippen molar-refractivity contribution in [1.82, 2.24) is 10.2 Å². The first kappa shape index (κ1) is 15.9. The molecule has 0 radical (unpaired) electrons. The van der Waals surface area contributed by atoms with Crippen LogP contribution in [0.25, 0.3) is 0 Å². The average Bonchev–Trinajstić information content (AvgIpc) is 2.36. The summed E-state index contributed by atoms with van der Waals surface area (Å²) in [5.41, 5.74) is 0.424. The van der Waals surface area contributed by atoms with E-state index in [0.29, 0.717) is 4.47 Å². The van der Waals surface area contributed by atoms with Crippen LogP contribution in [0.3, 0.4) is 0 Å². The van der Waals surface area contributed by atoms with Gasteiger partial charge in [0.1, 0.15) is 11.9 Å². The van der Waals surface area contributed by atoms with Crippen LogP contribution in [0.15, 0.2) is 22.7 Å². The van der Waals surface area contributed by atoms with E-state index in [-0.39, 0.29) is 36.1 Å². The maximum absolute atomic E-state index is 13.2. The first-order valence-corrected chi connectivity index (χ1v) is 7.50. The van der Waals surface area contributed by atoms with Crippen molar-refractivity contribution in [3.8, 4) is 0 Å². The molecule has 0 aliphatic carbocycles. The highest BCUT2D eigenvalue weighted by atomic mass is 79.9. The van der Waals surface area contributed by atoms with E-state index < -0.39 is 6.04 Å². The predicted molar refractivity (Wildman–Crippen MR) is 80.9 cm³/mol. The van der Waals surface area contributed by atoms with Crippen molar-refractivity contribution in [3.63, 3.8) is 0 Å². The molecule has 0 aromatic heterocycles. The fourth-order valence-corrected chi connectivity index (χ4v) is 2.71. The number of nitrogens with zero attached hydrogens (tertiary/aromatic N) is 1. The third-order valence-corrected chi connectivity index (χ3v) is 4.03. The molecule has 21 heavy (non-hydrogen) atoms. The Labute approximate surface area is 131 Å². The molecule has 1 heterocycles. The zero-order valence-electron chi connectivity index (χ0n) is 12.2. The second kappa shape index (κ2) is 5.75. The van der Waals surface area contributed by atoms with Crippen LogP contribution in [0.5, 0.6) is 0 Å². The minimum atomic E-state index is -0.539. The number of hydrogen-bond donors (Lipinski definition) is 1. The Hall–Kier alpha value is -1.43. The van der Waals surface area contributed by atoms with Gasteiger partial charge in [-0.3, -0.25) is 9.59 Å². The van der Waals surface area contributed by atoms with Crippen molar-refractivity contribution in [2.75, 3.05) is 6.54 Å². The van der Waals surface area contributed by atoms with Crippen molar-refractivity contribution in [2.24, 2.45) is 5.41 Å². The summed E-state index contributed by atoms with van der Waals surface area (Å²) in [4.78, 5) is 25.8. The van der Waals surface area contributed by atoms with Crippen LogP contribution in [0, 0.1) is 11.2 Å². The third-order valence-electron chi connectivity index (χ3n) is 3.42. The fourth-order valence-electron chi connectivity index (χ4n) is 2.28. The smallest absolute Gasteiger partial charge is 0.246 e. The summed E-state index contributed by atoms with van der Waals surface area (Å²) in [6, 6.07) is 4.05. The number of amides is 2. The molecule has 1 aromatic rings. The monoisotopic (exact) mass is 356 g/mol. The van der Waals surface area contributed by atoms with Gasteiger partial charge in [0.05, 0.1) is 11.0 Å². The molecule has 0 spiro atoms. The van der Waals surface area contributed by atoms with Gasteiger partial charge in [-0.15, -0.1) is 0 Å². The topological polar surface area (TPSA) is 49.4 Å². The lowest BCUT2D eigenvalue weighted by Crippen LogP contribution is -2.61. The summed E-state index contributed by atoms with van der Waals surface area (Å²) in [5, 5.41) is 2.74. The molecule has 2 rings (SSSR count). The maximum Gasteiger partial charge on any atom is 0.246 e. The summed E-state index contributed by atoms with van der Waals surface area (Å²) >= 11 is 3.12. The molecule has 4 nitrogen and oxygen atoms in total. The van der Waals surface area contributed by atoms with E-state index in [1.807, 2.05) is 20.8 Å². The van der Waals surface area contributed by atoms with Crippen molar-refractivity contribution in [1.29, 1.82) is 0 Å². The quantitative estimate of drug-likeness (QED) is 0.884. The van der Waals surface area contributed by atoms with Gasteiger partial charge in [-0.25, -0.2) is 4.39 Å². The van der Waals surface area contributed by atoms with Crippen molar-refractivity contribution >= 4 is 27.7 Å². The lowest BCUT2D eigenvalue weighted by atomic mass is 9.84. The Kier molecular flexibility index (Phi) is 4.37. The Morgan fingerprint density at radius 3 is 2.62 bits per heavy atom. The van der Waals surface area contributed by atoms with Crippen molar-refractivity contribution in [3.05, 3.63) is 34.1 Å². The van der Waals surface area contributed by atoms with Crippen LogP contribution in [-0.2, 0) is 16.1 Å². The van der Waals surface area contributed by atoms with Crippen LogP contribution in [0.4, 0.5) is 4.39 Å². The normalized spacial score (nSPS) is 19.7. The first-order valence-electron chi connectivity index (χ1n) is 6.70. The van der Waals surface area contributed by atoms with Crippen LogP contribution in [-0.4, -0.2) is 29.3 Å². The lowest BCUT2D eigenvalue weighted by molar-refractivity contribution is -0.147. The largest absolute Gasteiger partial charge is 0.342 e. The molecule has 1 aliphatic rings. The molecule has 0 saturated carbocycles. The van der Waals surface area contributed by atoms with E-state index in [0.717, 1.165) is 5.56 Å². The van der Waals surface area contributed by atoms with Gasteiger partial charge in [0.2, 0.25) is 11.8 Å². The lowest BCUT2D eigenvalue weighted by Gasteiger charge is -2.38. The van der Waals surface area contributed by atoms with Gasteiger partial charge >= 0.3 is 0 Å². The van der Waals surface area contributed by atoms with Crippen LogP contribution in [0.1, 0.15) is 26.3 Å². The van der Waals surface area contributed by atoms with Gasteiger partial charge in [-0.1, -0.05) is 26.8 Å². The summed E-state index contributed by atoms with van der Waals surface area (Å²) in [7, 11) is 0. The van der Waals surface area contributed by atoms with Crippen LogP contribution >= 0.6 is 15.9 Å². The molecule has 1 atom stereocenters. The summed E-state index contributed by atoms with van der Waals surface area (Å²) in [6.07, 6.45) is 0. The van der Waals surface area contributed by atoms with E-state index in [4.69, 9.17) is 0 Å². The standard InChI is InChI=1S/C15H18BrFN2O2/c1-15(2,3)13-14(21)19(8-12(20)18-13)7-9-4-5-11(17)10(16)6-9/h4-6,13H,7-8H2,1-3H3,(H,18,20). The van der Waals surface area contributed by atoms with Gasteiger partial charge in [-0.2, -0.15) is 0 Å². The Bertz CT molecular complexity index is 584. The number of rotatable bonds is 2. The highest BCUT2D eigenvalue weighted by Gasteiger charge is 2.39. The molecule has 1 fully saturated rings. The molecule has 1 unspecified atom stereocenters. The first-order chi connectivity index (χ1) is 9.68. The van der Waals surface area contributed by atoms with Crippen LogP contribution < -0.4 is 5.32 Å². The highest BCUT2D eigenvalue weighted by Crippen LogP contribution is 2.25. The molecule has 1 N–H and O–H groups in total. The second-order valence-corrected chi connectivity index (χ2v) is 7.16. The van der Waals surface area contributed by atoms with Gasteiger partial charge < -0.3 is 10.2 Å². The van der Waals surface area contributed by atoms with E-state index in [2.05, 4.69) is 21.2 Å². The molecule has 114 valence electrons. The molecule has 0 bridgehead atoms. The van der Waals surface area contributed by atoms with Gasteiger partial charge in [-0.05, 0) is 39.0 Å². The number of piperazine rings is 1. The highest BCUT2D eigenvalue weighted by molar-refractivity contribution is 9.10. The zero-order valence-corrected chi connectivity index (χ0v) is 13.8. The van der Waals surface area contributed by atoms with Gasteiger partial charge in [0, 0.05) is 6.54 Å². The molecule has 1 aromatic carbocycles. The summed E-state index contributed by atoms with van der Waals surface area (Å²) < 4.78 is 13.6. The molecule has 1 saturated heterocycles. The Morgan fingerprint density at radius 1 is 1.38 bits per heavy atom. The number of halogens is 2. The fraction of sp³-hybridized carbons (Fsp3) is 0.467. The Morgan fingerprint density at radius 2 is 2.05 bits per heavy atom. The predicted octanol–water partition coefficient (Wildman–Crippen LogP) is 2.46. The number of carbonyl (C=O) groups is 2. The SMILES string of the molecule is CC(C)(C)C1NC(=O)CN(Cc2ccc(F)c(Br)c2)C1=O. The van der Waals surface area contributed by atoms with Crippen molar-refractivity contribution < 1.29 is 14.0 Å². The number of benzene rings is 1.